The van der Waals surface area contributed by atoms with Crippen LogP contribution in [0, 0.1) is 0 Å². The lowest BCUT2D eigenvalue weighted by molar-refractivity contribution is -0.136. The third kappa shape index (κ3) is 3.43. The molecule has 0 saturated carbocycles. The number of hydrogen-bond donors (Lipinski definition) is 2. The number of nitrogens with one attached hydrogen (secondary N) is 1. The molecule has 3 aliphatic rings. The van der Waals surface area contributed by atoms with Crippen LogP contribution in [0.1, 0.15) is 40.7 Å². The van der Waals surface area contributed by atoms with E-state index in [9.17, 15) is 14.4 Å². The van der Waals surface area contributed by atoms with E-state index in [0.29, 0.717) is 31.1 Å². The number of imide groups is 1. The summed E-state index contributed by atoms with van der Waals surface area (Å²) in [7, 11) is 1.73. The summed E-state index contributed by atoms with van der Waals surface area (Å²) in [6.45, 7) is 2.58. The van der Waals surface area contributed by atoms with Crippen LogP contribution in [0.15, 0.2) is 18.2 Å². The van der Waals surface area contributed by atoms with E-state index in [2.05, 4.69) is 10.2 Å². The number of methoxy groups -OCH3 is 1. The molecule has 3 heterocycles. The molecular formula is C20H26N4O4. The van der Waals surface area contributed by atoms with Gasteiger partial charge in [-0.05, 0) is 30.0 Å². The highest BCUT2D eigenvalue weighted by Gasteiger charge is 2.39. The zero-order chi connectivity index (χ0) is 19.8. The van der Waals surface area contributed by atoms with E-state index in [1.165, 1.54) is 0 Å². The summed E-state index contributed by atoms with van der Waals surface area (Å²) in [5.41, 5.74) is 8.60. The number of carbonyl (C=O) groups is 3. The van der Waals surface area contributed by atoms with E-state index in [4.69, 9.17) is 10.5 Å². The summed E-state index contributed by atoms with van der Waals surface area (Å²) < 4.78 is 5.49. The van der Waals surface area contributed by atoms with E-state index in [1.54, 1.807) is 12.0 Å². The monoisotopic (exact) mass is 386 g/mol. The molecule has 1 unspecified atom stereocenters. The van der Waals surface area contributed by atoms with Gasteiger partial charge in [0, 0.05) is 51.3 Å². The third-order valence-corrected chi connectivity index (χ3v) is 6.07. The molecule has 3 atom stereocenters. The average Bonchev–Trinajstić information content (AvgIpc) is 3.22. The van der Waals surface area contributed by atoms with Crippen LogP contribution in [0.25, 0.3) is 0 Å². The van der Waals surface area contributed by atoms with Crippen LogP contribution in [0.5, 0.6) is 0 Å². The Hall–Kier alpha value is -2.29. The maximum absolute atomic E-state index is 12.8. The highest BCUT2D eigenvalue weighted by Crippen LogP contribution is 2.29. The summed E-state index contributed by atoms with van der Waals surface area (Å²) in [4.78, 5) is 40.2. The van der Waals surface area contributed by atoms with Gasteiger partial charge in [0.15, 0.2) is 0 Å². The standard InChI is InChI=1S/C20H26N4O4/c1-28-15-7-14(8-21)23(11-15)9-12-2-3-16-13(6-12)10-24(20(16)27)17-4-5-18(25)22-19(17)26/h2-3,6,14-15,17H,4-5,7-11,21H2,1H3,(H,22,25,26)/t14-,15-,17?/m0/s1. The number of benzene rings is 1. The minimum Gasteiger partial charge on any atom is -0.380 e. The number of likely N-dealkylation sites (tertiary alicyclic amines) is 1. The fourth-order valence-electron chi connectivity index (χ4n) is 4.51. The Morgan fingerprint density at radius 3 is 2.82 bits per heavy atom. The van der Waals surface area contributed by atoms with Gasteiger partial charge in [0.25, 0.3) is 5.91 Å². The van der Waals surface area contributed by atoms with Gasteiger partial charge in [0.05, 0.1) is 6.10 Å². The lowest BCUT2D eigenvalue weighted by atomic mass is 10.0. The largest absolute Gasteiger partial charge is 0.380 e. The lowest BCUT2D eigenvalue weighted by Crippen LogP contribution is -2.52. The summed E-state index contributed by atoms with van der Waals surface area (Å²) in [5.74, 6) is -0.801. The maximum atomic E-state index is 12.8. The number of amides is 3. The summed E-state index contributed by atoms with van der Waals surface area (Å²) in [6, 6.07) is 5.58. The first-order chi connectivity index (χ1) is 13.5. The molecule has 4 rings (SSSR count). The molecule has 150 valence electrons. The van der Waals surface area contributed by atoms with Gasteiger partial charge >= 0.3 is 0 Å². The van der Waals surface area contributed by atoms with E-state index < -0.39 is 6.04 Å². The molecule has 0 bridgehead atoms. The van der Waals surface area contributed by atoms with Crippen LogP contribution in [-0.2, 0) is 27.4 Å². The Labute approximate surface area is 164 Å². The van der Waals surface area contributed by atoms with Crippen LogP contribution in [0.4, 0.5) is 0 Å². The molecule has 0 spiro atoms. The van der Waals surface area contributed by atoms with Crippen LogP contribution in [0.3, 0.4) is 0 Å². The van der Waals surface area contributed by atoms with Gasteiger partial charge in [-0.1, -0.05) is 12.1 Å². The topological polar surface area (TPSA) is 105 Å². The summed E-state index contributed by atoms with van der Waals surface area (Å²) in [6.07, 6.45) is 1.77. The molecule has 8 heteroatoms. The first kappa shape index (κ1) is 19.0. The third-order valence-electron chi connectivity index (χ3n) is 6.07. The van der Waals surface area contributed by atoms with Crippen LogP contribution in [-0.4, -0.2) is 65.9 Å². The number of nitrogens with two attached hydrogens (primary N) is 1. The van der Waals surface area contributed by atoms with E-state index >= 15 is 0 Å². The number of nitrogens with zero attached hydrogens (tertiary/aromatic N) is 2. The van der Waals surface area contributed by atoms with Crippen molar-refractivity contribution in [3.05, 3.63) is 34.9 Å². The highest BCUT2D eigenvalue weighted by molar-refractivity contribution is 6.05. The van der Waals surface area contributed by atoms with Crippen molar-refractivity contribution in [3.8, 4) is 0 Å². The average molecular weight is 386 g/mol. The minimum absolute atomic E-state index is 0.142. The van der Waals surface area contributed by atoms with Crippen LogP contribution in [0.2, 0.25) is 0 Å². The zero-order valence-electron chi connectivity index (χ0n) is 16.0. The number of piperidine rings is 1. The van der Waals surface area contributed by atoms with Gasteiger partial charge in [-0.2, -0.15) is 0 Å². The Bertz CT molecular complexity index is 811. The Morgan fingerprint density at radius 2 is 2.11 bits per heavy atom. The molecule has 2 saturated heterocycles. The second kappa shape index (κ2) is 7.62. The second-order valence-corrected chi connectivity index (χ2v) is 7.80. The van der Waals surface area contributed by atoms with Crippen LogP contribution < -0.4 is 11.1 Å². The van der Waals surface area contributed by atoms with Crippen molar-refractivity contribution in [2.24, 2.45) is 5.73 Å². The smallest absolute Gasteiger partial charge is 0.255 e. The summed E-state index contributed by atoms with van der Waals surface area (Å²) in [5, 5.41) is 2.33. The van der Waals surface area contributed by atoms with E-state index in [1.807, 2.05) is 18.2 Å². The van der Waals surface area contributed by atoms with E-state index in [0.717, 1.165) is 30.6 Å². The van der Waals surface area contributed by atoms with Gasteiger partial charge in [-0.25, -0.2) is 0 Å². The Kier molecular flexibility index (Phi) is 5.18. The molecule has 1 aromatic carbocycles. The van der Waals surface area contributed by atoms with Gasteiger partial charge in [-0.3, -0.25) is 24.6 Å². The van der Waals surface area contributed by atoms with Crippen molar-refractivity contribution in [3.63, 3.8) is 0 Å². The molecule has 0 aromatic heterocycles. The van der Waals surface area contributed by atoms with Crippen molar-refractivity contribution in [2.75, 3.05) is 20.2 Å². The number of ether oxygens (including phenoxy) is 1. The van der Waals surface area contributed by atoms with Crippen molar-refractivity contribution >= 4 is 17.7 Å². The zero-order valence-corrected chi connectivity index (χ0v) is 16.0. The summed E-state index contributed by atoms with van der Waals surface area (Å²) >= 11 is 0. The second-order valence-electron chi connectivity index (χ2n) is 7.80. The van der Waals surface area contributed by atoms with Gasteiger partial charge < -0.3 is 15.4 Å². The fraction of sp³-hybridized carbons (Fsp3) is 0.550. The van der Waals surface area contributed by atoms with Crippen molar-refractivity contribution < 1.29 is 19.1 Å². The molecule has 0 radical (unpaired) electrons. The van der Waals surface area contributed by atoms with Gasteiger partial charge in [0.1, 0.15) is 6.04 Å². The van der Waals surface area contributed by atoms with Gasteiger partial charge in [0.2, 0.25) is 11.8 Å². The molecule has 3 N–H and O–H groups in total. The predicted octanol–water partition coefficient (Wildman–Crippen LogP) is -0.00440. The Morgan fingerprint density at radius 1 is 1.29 bits per heavy atom. The fourth-order valence-corrected chi connectivity index (χ4v) is 4.51. The van der Waals surface area contributed by atoms with E-state index in [-0.39, 0.29) is 30.2 Å². The molecule has 3 amide bonds. The van der Waals surface area contributed by atoms with Crippen LogP contribution >= 0.6 is 0 Å². The van der Waals surface area contributed by atoms with Gasteiger partial charge in [-0.15, -0.1) is 0 Å². The van der Waals surface area contributed by atoms with Crippen molar-refractivity contribution in [2.45, 2.75) is 50.5 Å². The first-order valence-electron chi connectivity index (χ1n) is 9.73. The molecule has 28 heavy (non-hydrogen) atoms. The maximum Gasteiger partial charge on any atom is 0.255 e. The molecule has 2 fully saturated rings. The highest BCUT2D eigenvalue weighted by atomic mass is 16.5. The number of rotatable bonds is 5. The predicted molar refractivity (Wildman–Crippen MR) is 101 cm³/mol. The molecule has 0 aliphatic carbocycles. The quantitative estimate of drug-likeness (QED) is 0.690. The number of fused-ring (bicyclic) bond motifs is 1. The molecule has 1 aromatic rings. The first-order valence-corrected chi connectivity index (χ1v) is 9.73. The number of hydrogen-bond acceptors (Lipinski definition) is 6. The molecule has 8 nitrogen and oxygen atoms in total. The molecule has 3 aliphatic heterocycles. The SMILES string of the molecule is CO[C@H]1C[C@@H](CN)N(Cc2ccc3c(c2)CN(C2CCC(=O)NC2=O)C3=O)C1. The van der Waals surface area contributed by atoms with Crippen molar-refractivity contribution in [1.82, 2.24) is 15.1 Å². The van der Waals surface area contributed by atoms with Crippen molar-refractivity contribution in [1.29, 1.82) is 0 Å². The lowest BCUT2D eigenvalue weighted by Gasteiger charge is -2.29. The molecular weight excluding hydrogens is 360 g/mol. The Balaban J connectivity index is 1.48. The number of carbonyl (C=O) groups excluding carboxylic acids is 3. The normalized spacial score (nSPS) is 28.0. The minimum atomic E-state index is -0.580.